The summed E-state index contributed by atoms with van der Waals surface area (Å²) < 4.78 is 3.99. The Labute approximate surface area is 642 Å². The average molecular weight is 1540 g/mol. The first-order valence-corrected chi connectivity index (χ1v) is 37.8. The highest BCUT2D eigenvalue weighted by Gasteiger charge is 2.17. The molecule has 0 saturated carbocycles. The van der Waals surface area contributed by atoms with Crippen LogP contribution in [0.15, 0.2) is 241 Å². The molecule has 28 nitrogen and oxygen atoms in total. The molecule has 0 aliphatic rings. The van der Waals surface area contributed by atoms with Gasteiger partial charge in [-0.3, -0.25) is 25.4 Å². The van der Waals surface area contributed by atoms with Gasteiger partial charge in [-0.25, -0.2) is 34.9 Å². The Morgan fingerprint density at radius 1 is 0.309 bits per heavy atom. The zero-order chi connectivity index (χ0) is 73.7. The van der Waals surface area contributed by atoms with E-state index in [1.165, 1.54) is 0 Å². The maximum Gasteiger partial charge on any atom is 0.231 e. The Hall–Kier alpha value is -14.3. The molecule has 16 heterocycles. The van der Waals surface area contributed by atoms with E-state index in [2.05, 4.69) is 133 Å². The quantitative estimate of drug-likeness (QED) is 0.0400. The number of hydrogen-bond acceptors (Lipinski definition) is 28. The van der Waals surface area contributed by atoms with Gasteiger partial charge in [0.15, 0.2) is 28.4 Å². The molecule has 534 valence electrons. The van der Waals surface area contributed by atoms with Crippen LogP contribution in [-0.4, -0.2) is 101 Å². The number of aryl methyl sites for hydroxylation is 1. The minimum Gasteiger partial charge on any atom is -0.339 e. The standard InChI is InChI=1S/C22H15N7S.C19H15N7S.C18H12ClN7S.C18H13N7S/c1-4-17-15(3-2-9-23-17)18(5-1)26-22-27-19-8-10-30-20(19)21(28-22)25-14-6-7-16-13(11-14)12-24-29-16;1-11-3-2-4-16(21-11)24-19-23-15-7-8-27-17(15)18(25-19)22-13-5-6-14-12(9-13)10-20-26-14;19-16-14(2-1-6-20-16)24-18-23-13-5-7-27-15(13)17(25-18)22-11-3-4-12-10(8-11)9-21-26-12;1-2-7-19-15(3-1)23-18-22-14-6-8-26-16(14)17(24-18)21-12-4-5-13-11(9-12)10-20-25-13/h1-12H,(H,24,29)(H2,25,26,27,28);2-10H,1H3,(H,20,26)(H2,21,22,23,24,25);1-9H,(H,21,26)(H2,22,23,24,25);1-10H,(H,20,25)(H2,19,21,22,23,24). The van der Waals surface area contributed by atoms with E-state index >= 15 is 0 Å². The van der Waals surface area contributed by atoms with Gasteiger partial charge in [0.25, 0.3) is 0 Å². The van der Waals surface area contributed by atoms with E-state index in [1.807, 2.05) is 204 Å². The lowest BCUT2D eigenvalue weighted by Crippen LogP contribution is -2.02. The van der Waals surface area contributed by atoms with Crippen molar-refractivity contribution in [3.8, 4) is 0 Å². The predicted molar refractivity (Wildman–Crippen MR) is 444 cm³/mol. The third-order valence-electron chi connectivity index (χ3n) is 17.0. The normalized spacial score (nSPS) is 11.2. The van der Waals surface area contributed by atoms with Crippen molar-refractivity contribution in [2.24, 2.45) is 0 Å². The van der Waals surface area contributed by atoms with E-state index in [0.717, 1.165) is 159 Å². The van der Waals surface area contributed by atoms with Crippen LogP contribution < -0.4 is 42.5 Å². The number of rotatable bonds is 16. The maximum atomic E-state index is 6.13. The summed E-state index contributed by atoms with van der Waals surface area (Å²) in [4.78, 5) is 54.4. The maximum absolute atomic E-state index is 6.13. The summed E-state index contributed by atoms with van der Waals surface area (Å²) in [5.41, 5.74) is 14.7. The highest BCUT2D eigenvalue weighted by atomic mass is 35.5. The van der Waals surface area contributed by atoms with Crippen molar-refractivity contribution in [3.05, 3.63) is 252 Å². The molecule has 0 fully saturated rings. The lowest BCUT2D eigenvalue weighted by molar-refractivity contribution is 1.12. The van der Waals surface area contributed by atoms with Gasteiger partial charge in [0.05, 0.1) is 105 Å². The molecule has 110 heavy (non-hydrogen) atoms. The van der Waals surface area contributed by atoms with Gasteiger partial charge in [0.1, 0.15) is 11.6 Å². The molecule has 0 spiro atoms. The minimum atomic E-state index is 0.367. The van der Waals surface area contributed by atoms with Crippen molar-refractivity contribution in [3.63, 3.8) is 0 Å². The summed E-state index contributed by atoms with van der Waals surface area (Å²) in [6.07, 6.45) is 12.4. The van der Waals surface area contributed by atoms with Gasteiger partial charge in [-0.2, -0.15) is 40.3 Å². The molecule has 0 atom stereocenters. The smallest absolute Gasteiger partial charge is 0.231 e. The minimum absolute atomic E-state index is 0.367. The van der Waals surface area contributed by atoms with Gasteiger partial charge in [-0.1, -0.05) is 29.8 Å². The summed E-state index contributed by atoms with van der Waals surface area (Å²) in [6.45, 7) is 1.95. The number of nitrogens with zero attached hydrogens (tertiary/aromatic N) is 16. The number of anilines is 16. The number of H-pyrrole nitrogens is 4. The third kappa shape index (κ3) is 15.0. The first-order chi connectivity index (χ1) is 54.2. The van der Waals surface area contributed by atoms with E-state index in [0.29, 0.717) is 40.5 Å². The van der Waals surface area contributed by atoms with E-state index in [9.17, 15) is 0 Å². The monoisotopic (exact) mass is 1530 g/mol. The fourth-order valence-electron chi connectivity index (χ4n) is 11.9. The Balaban J connectivity index is 0.000000103. The third-order valence-corrected chi connectivity index (χ3v) is 20.9. The molecule has 0 aliphatic heterocycles. The molecule has 5 aromatic carbocycles. The van der Waals surface area contributed by atoms with Crippen molar-refractivity contribution in [2.45, 2.75) is 6.92 Å². The van der Waals surface area contributed by atoms with E-state index in [1.54, 1.807) is 88.6 Å². The molecule has 16 aromatic heterocycles. The molecule has 0 aliphatic carbocycles. The number of fused-ring (bicyclic) bond motifs is 9. The van der Waals surface area contributed by atoms with E-state index in [-0.39, 0.29) is 0 Å². The van der Waals surface area contributed by atoms with Gasteiger partial charge >= 0.3 is 0 Å². The van der Waals surface area contributed by atoms with Crippen LogP contribution >= 0.6 is 56.9 Å². The molecule has 12 N–H and O–H groups in total. The van der Waals surface area contributed by atoms with Crippen LogP contribution in [0, 0.1) is 6.92 Å². The lowest BCUT2D eigenvalue weighted by Gasteiger charge is -2.11. The molecular weight excluding hydrogens is 1480 g/mol. The Bertz CT molecular complexity index is 6860. The molecule has 33 heteroatoms. The Morgan fingerprint density at radius 3 is 1.14 bits per heavy atom. The number of halogens is 1. The Morgan fingerprint density at radius 2 is 0.700 bits per heavy atom. The van der Waals surface area contributed by atoms with Crippen LogP contribution in [0.1, 0.15) is 5.69 Å². The Kier molecular flexibility index (Phi) is 18.6. The number of benzene rings is 5. The largest absolute Gasteiger partial charge is 0.339 e. The summed E-state index contributed by atoms with van der Waals surface area (Å²) in [5, 5.41) is 68.2. The van der Waals surface area contributed by atoms with Crippen LogP contribution in [-0.2, 0) is 0 Å². The van der Waals surface area contributed by atoms with Gasteiger partial charge in [-0.15, -0.1) is 45.3 Å². The van der Waals surface area contributed by atoms with Crippen molar-refractivity contribution in [1.29, 1.82) is 0 Å². The van der Waals surface area contributed by atoms with Crippen LogP contribution in [0.4, 0.5) is 92.8 Å². The second-order valence-electron chi connectivity index (χ2n) is 24.4. The van der Waals surface area contributed by atoms with Crippen LogP contribution in [0.25, 0.3) is 95.4 Å². The first-order valence-electron chi connectivity index (χ1n) is 33.9. The fraction of sp³-hybridized carbons (Fsp3) is 0.0130. The van der Waals surface area contributed by atoms with E-state index < -0.39 is 0 Å². The van der Waals surface area contributed by atoms with Crippen LogP contribution in [0.5, 0.6) is 0 Å². The SMILES string of the molecule is Cc1cccc(Nc2nc(Nc3ccc4[nH]ncc4c3)c3sccc3n2)n1.Clc1ncccc1Nc1nc(Nc2ccc3[nH]ncc3c2)c2sccc2n1.c1cc(Nc2nc(Nc3ccc4[nH]ncc4c3)c3sccc3n2)c2cccnc2c1.c1ccc(Nc2nc(Nc3ccc4[nH]ncc4c3)c3sccc3n2)nc1. The molecule has 0 saturated heterocycles. The van der Waals surface area contributed by atoms with Crippen molar-refractivity contribution in [2.75, 3.05) is 42.5 Å². The molecule has 21 rings (SSSR count). The first kappa shape index (κ1) is 67.6. The second kappa shape index (κ2) is 30.3. The molecular formula is C77H55ClN28S4. The highest BCUT2D eigenvalue weighted by Crippen LogP contribution is 2.37. The van der Waals surface area contributed by atoms with Gasteiger partial charge in [-0.05, 0) is 186 Å². The van der Waals surface area contributed by atoms with Crippen molar-refractivity contribution >= 4 is 245 Å². The zero-order valence-electron chi connectivity index (χ0n) is 57.3. The molecule has 0 amide bonds. The van der Waals surface area contributed by atoms with Gasteiger partial charge in [0, 0.05) is 74.0 Å². The van der Waals surface area contributed by atoms with E-state index in [4.69, 9.17) is 21.6 Å². The predicted octanol–water partition coefficient (Wildman–Crippen LogP) is 19.9. The summed E-state index contributed by atoms with van der Waals surface area (Å²) in [7, 11) is 0. The van der Waals surface area contributed by atoms with Crippen molar-refractivity contribution in [1.82, 2.24) is 101 Å². The molecule has 0 bridgehead atoms. The second-order valence-corrected chi connectivity index (χ2v) is 28.4. The molecule has 0 radical (unpaired) electrons. The number of hydrogen-bond donors (Lipinski definition) is 12. The summed E-state index contributed by atoms with van der Waals surface area (Å²) in [6, 6.07) is 57.0. The topological polar surface area (TPSA) is 366 Å². The van der Waals surface area contributed by atoms with Crippen LogP contribution in [0.2, 0.25) is 5.15 Å². The summed E-state index contributed by atoms with van der Waals surface area (Å²) >= 11 is 12.5. The average Bonchev–Trinajstić information content (AvgIpc) is 1.54. The lowest BCUT2D eigenvalue weighted by atomic mass is 10.2. The number of nitrogens with one attached hydrogen (secondary N) is 12. The molecule has 0 unspecified atom stereocenters. The number of pyridine rings is 4. The fourth-order valence-corrected chi connectivity index (χ4v) is 15.1. The number of aromatic nitrogens is 20. The molecule has 21 aromatic rings. The van der Waals surface area contributed by atoms with Gasteiger partial charge in [0.2, 0.25) is 23.8 Å². The number of aromatic amines is 4. The number of thiophene rings is 4. The highest BCUT2D eigenvalue weighted by molar-refractivity contribution is 7.18. The zero-order valence-corrected chi connectivity index (χ0v) is 61.3. The summed E-state index contributed by atoms with van der Waals surface area (Å²) in [5.74, 6) is 6.40. The van der Waals surface area contributed by atoms with Gasteiger partial charge < -0.3 is 42.5 Å². The van der Waals surface area contributed by atoms with Crippen LogP contribution in [0.3, 0.4) is 0 Å². The van der Waals surface area contributed by atoms with Crippen molar-refractivity contribution < 1.29 is 0 Å².